The number of aromatic nitrogens is 2. The summed E-state index contributed by atoms with van der Waals surface area (Å²) < 4.78 is 0. The molecule has 1 rings (SSSR count). The van der Waals surface area contributed by atoms with Gasteiger partial charge in [0.15, 0.2) is 0 Å². The van der Waals surface area contributed by atoms with Crippen LogP contribution >= 0.6 is 0 Å². The van der Waals surface area contributed by atoms with Crippen LogP contribution in [0, 0.1) is 0 Å². The number of nitrogens with one attached hydrogen (secondary N) is 2. The first-order valence-corrected chi connectivity index (χ1v) is 5.91. The molecule has 0 aliphatic heterocycles. The summed E-state index contributed by atoms with van der Waals surface area (Å²) in [6.45, 7) is 0.209. The number of nitrogens with two attached hydrogens (primary N) is 1. The van der Waals surface area contributed by atoms with Gasteiger partial charge in [-0.05, 0) is 6.42 Å². The van der Waals surface area contributed by atoms with Crippen molar-refractivity contribution in [2.24, 2.45) is 5.73 Å². The van der Waals surface area contributed by atoms with Crippen molar-refractivity contribution in [2.75, 3.05) is 7.05 Å². The predicted molar refractivity (Wildman–Crippen MR) is 68.4 cm³/mol. The molecule has 0 aromatic carbocycles. The Bertz CT molecular complexity index is 473. The van der Waals surface area contributed by atoms with Crippen molar-refractivity contribution in [3.63, 3.8) is 0 Å². The maximum absolute atomic E-state index is 11.8. The molecule has 0 aliphatic rings. The second kappa shape index (κ2) is 7.12. The number of carbonyl (C=O) groups excluding carboxylic acids is 2. The van der Waals surface area contributed by atoms with Crippen molar-refractivity contribution in [3.05, 3.63) is 18.2 Å². The highest BCUT2D eigenvalue weighted by Gasteiger charge is 2.22. The van der Waals surface area contributed by atoms with Gasteiger partial charge in [0.2, 0.25) is 5.91 Å². The van der Waals surface area contributed by atoms with Gasteiger partial charge in [-0.2, -0.15) is 0 Å². The van der Waals surface area contributed by atoms with E-state index in [0.29, 0.717) is 5.82 Å². The molecular weight excluding hydrogens is 266 g/mol. The lowest BCUT2D eigenvalue weighted by Gasteiger charge is -2.20. The molecule has 1 aromatic heterocycles. The van der Waals surface area contributed by atoms with E-state index < -0.39 is 23.9 Å². The number of aliphatic carboxylic acids is 1. The van der Waals surface area contributed by atoms with Gasteiger partial charge in [-0.15, -0.1) is 0 Å². The molecule has 1 unspecified atom stereocenters. The minimum atomic E-state index is -1.22. The molecule has 1 atom stereocenters. The van der Waals surface area contributed by atoms with Gasteiger partial charge in [-0.25, -0.2) is 14.6 Å². The Morgan fingerprint density at radius 1 is 1.55 bits per heavy atom. The van der Waals surface area contributed by atoms with E-state index in [1.54, 1.807) is 12.4 Å². The number of primary amides is 1. The van der Waals surface area contributed by atoms with Crippen LogP contribution < -0.4 is 11.1 Å². The van der Waals surface area contributed by atoms with Gasteiger partial charge >= 0.3 is 12.0 Å². The Hall–Kier alpha value is -2.58. The summed E-state index contributed by atoms with van der Waals surface area (Å²) in [7, 11) is 1.50. The molecule has 0 fully saturated rings. The number of aromatic amines is 1. The Balaban J connectivity index is 2.52. The number of nitrogens with zero attached hydrogens (tertiary/aromatic N) is 2. The number of hydrogen-bond acceptors (Lipinski definition) is 4. The van der Waals surface area contributed by atoms with Crippen molar-refractivity contribution in [1.29, 1.82) is 0 Å². The van der Waals surface area contributed by atoms with E-state index in [-0.39, 0.29) is 19.4 Å². The zero-order valence-corrected chi connectivity index (χ0v) is 11.0. The summed E-state index contributed by atoms with van der Waals surface area (Å²) in [6.07, 6.45) is 3.01. The fraction of sp³-hybridized carbons (Fsp3) is 0.455. The number of rotatable bonds is 7. The average molecular weight is 283 g/mol. The van der Waals surface area contributed by atoms with E-state index in [1.165, 1.54) is 11.9 Å². The van der Waals surface area contributed by atoms with Gasteiger partial charge in [0.1, 0.15) is 11.9 Å². The maximum atomic E-state index is 11.8. The van der Waals surface area contributed by atoms with Crippen molar-refractivity contribution in [1.82, 2.24) is 20.2 Å². The first-order valence-electron chi connectivity index (χ1n) is 5.91. The van der Waals surface area contributed by atoms with Crippen LogP contribution in [0.15, 0.2) is 12.4 Å². The van der Waals surface area contributed by atoms with Gasteiger partial charge in [0.25, 0.3) is 0 Å². The molecular formula is C11H17N5O4. The first kappa shape index (κ1) is 15.5. The van der Waals surface area contributed by atoms with E-state index in [2.05, 4.69) is 15.3 Å². The monoisotopic (exact) mass is 283 g/mol. The zero-order valence-electron chi connectivity index (χ0n) is 11.0. The molecule has 0 radical (unpaired) electrons. The molecule has 0 saturated carbocycles. The van der Waals surface area contributed by atoms with Crippen molar-refractivity contribution < 1.29 is 19.5 Å². The summed E-state index contributed by atoms with van der Waals surface area (Å²) >= 11 is 0. The molecule has 1 aromatic rings. The third kappa shape index (κ3) is 4.96. The summed E-state index contributed by atoms with van der Waals surface area (Å²) in [5.41, 5.74) is 4.95. The fourth-order valence-corrected chi connectivity index (χ4v) is 1.48. The van der Waals surface area contributed by atoms with Crippen LogP contribution in [0.2, 0.25) is 0 Å². The third-order valence-corrected chi connectivity index (χ3v) is 2.56. The number of imidazole rings is 1. The Morgan fingerprint density at radius 2 is 2.25 bits per heavy atom. The number of H-pyrrole nitrogens is 1. The van der Waals surface area contributed by atoms with E-state index in [4.69, 9.17) is 10.8 Å². The highest BCUT2D eigenvalue weighted by atomic mass is 16.4. The Morgan fingerprint density at radius 3 is 2.75 bits per heavy atom. The minimum Gasteiger partial charge on any atom is -0.480 e. The van der Waals surface area contributed by atoms with Crippen LogP contribution in [-0.2, 0) is 16.1 Å². The molecule has 1 heterocycles. The van der Waals surface area contributed by atoms with E-state index in [9.17, 15) is 14.4 Å². The van der Waals surface area contributed by atoms with Crippen LogP contribution in [0.1, 0.15) is 18.7 Å². The first-order chi connectivity index (χ1) is 9.40. The largest absolute Gasteiger partial charge is 0.480 e. The summed E-state index contributed by atoms with van der Waals surface area (Å²) in [5.74, 6) is -1.26. The molecule has 110 valence electrons. The molecule has 20 heavy (non-hydrogen) atoms. The number of carboxylic acid groups (broad SMARTS) is 1. The van der Waals surface area contributed by atoms with Crippen LogP contribution in [0.4, 0.5) is 4.79 Å². The van der Waals surface area contributed by atoms with E-state index >= 15 is 0 Å². The Kier molecular flexibility index (Phi) is 5.51. The molecule has 5 N–H and O–H groups in total. The minimum absolute atomic E-state index is 0.0506. The number of amides is 3. The fourth-order valence-electron chi connectivity index (χ4n) is 1.48. The highest BCUT2D eigenvalue weighted by Crippen LogP contribution is 2.01. The van der Waals surface area contributed by atoms with Crippen molar-refractivity contribution >= 4 is 17.9 Å². The number of urea groups is 1. The van der Waals surface area contributed by atoms with Gasteiger partial charge in [-0.3, -0.25) is 4.79 Å². The molecule has 0 aliphatic carbocycles. The number of carboxylic acids is 1. The molecule has 0 bridgehead atoms. The summed E-state index contributed by atoms with van der Waals surface area (Å²) in [4.78, 5) is 41.5. The second-order valence-corrected chi connectivity index (χ2v) is 4.24. The lowest BCUT2D eigenvalue weighted by molar-refractivity contribution is -0.139. The smallest absolute Gasteiger partial charge is 0.326 e. The number of carbonyl (C=O) groups is 3. The van der Waals surface area contributed by atoms with E-state index in [0.717, 1.165) is 0 Å². The molecule has 3 amide bonds. The maximum Gasteiger partial charge on any atom is 0.326 e. The van der Waals surface area contributed by atoms with Crippen LogP contribution in [0.25, 0.3) is 0 Å². The molecule has 0 spiro atoms. The van der Waals surface area contributed by atoms with Crippen LogP contribution in [0.5, 0.6) is 0 Å². The Labute approximate surface area is 115 Å². The standard InChI is InChI=1S/C11H17N5O4/c1-16(6-9-13-4-5-14-9)11(20)15-7(10(18)19)2-3-8(12)17/h4-5,7H,2-3,6H2,1H3,(H2,12,17)(H,13,14)(H,15,20)(H,18,19). The highest BCUT2D eigenvalue weighted by molar-refractivity contribution is 5.83. The molecule has 0 saturated heterocycles. The zero-order chi connectivity index (χ0) is 15.1. The number of hydrogen-bond donors (Lipinski definition) is 4. The van der Waals surface area contributed by atoms with Gasteiger partial charge in [-0.1, -0.05) is 0 Å². The van der Waals surface area contributed by atoms with Gasteiger partial charge in [0.05, 0.1) is 6.54 Å². The van der Waals surface area contributed by atoms with Crippen LogP contribution in [0.3, 0.4) is 0 Å². The third-order valence-electron chi connectivity index (χ3n) is 2.56. The topological polar surface area (TPSA) is 141 Å². The normalized spacial score (nSPS) is 11.7. The average Bonchev–Trinajstić information content (AvgIpc) is 2.86. The van der Waals surface area contributed by atoms with E-state index in [1.807, 2.05) is 0 Å². The molecule has 9 nitrogen and oxygen atoms in total. The predicted octanol–water partition coefficient (Wildman–Crippen LogP) is -0.730. The van der Waals surface area contributed by atoms with Crippen molar-refractivity contribution in [3.8, 4) is 0 Å². The lowest BCUT2D eigenvalue weighted by Crippen LogP contribution is -2.46. The van der Waals surface area contributed by atoms with Gasteiger partial charge < -0.3 is 26.0 Å². The summed E-state index contributed by atoms with van der Waals surface area (Å²) in [5, 5.41) is 11.3. The van der Waals surface area contributed by atoms with Crippen molar-refractivity contribution in [2.45, 2.75) is 25.4 Å². The molecule has 9 heteroatoms. The quantitative estimate of drug-likeness (QED) is 0.522. The van der Waals surface area contributed by atoms with Crippen LogP contribution in [-0.4, -0.2) is 51.0 Å². The SMILES string of the molecule is CN(Cc1ncc[nH]1)C(=O)NC(CCC(N)=O)C(=O)O. The second-order valence-electron chi connectivity index (χ2n) is 4.24. The summed E-state index contributed by atoms with van der Waals surface area (Å²) in [6, 6.07) is -1.73. The van der Waals surface area contributed by atoms with Gasteiger partial charge in [0, 0.05) is 25.9 Å². The lowest BCUT2D eigenvalue weighted by atomic mass is 10.1.